The molecule has 3 nitrogen and oxygen atoms in total. The second-order valence-electron chi connectivity index (χ2n) is 4.99. The van der Waals surface area contributed by atoms with Gasteiger partial charge in [0.1, 0.15) is 23.4 Å². The van der Waals surface area contributed by atoms with Crippen LogP contribution in [0.25, 0.3) is 0 Å². The average Bonchev–Trinajstić information content (AvgIpc) is 2.47. The van der Waals surface area contributed by atoms with E-state index in [-0.39, 0.29) is 18.0 Å². The average molecular weight is 308 g/mol. The van der Waals surface area contributed by atoms with Crippen LogP contribution < -0.4 is 15.2 Å². The molecule has 21 heavy (non-hydrogen) atoms. The Kier molecular flexibility index (Phi) is 3.74. The fourth-order valence-corrected chi connectivity index (χ4v) is 2.95. The topological polar surface area (TPSA) is 44.5 Å². The van der Waals surface area contributed by atoms with Crippen LogP contribution in [0.15, 0.2) is 36.4 Å². The van der Waals surface area contributed by atoms with Crippen LogP contribution in [0.1, 0.15) is 29.7 Å². The number of fused-ring (bicyclic) bond motifs is 1. The Hall–Kier alpha value is -1.78. The third-order valence-corrected chi connectivity index (χ3v) is 3.99. The monoisotopic (exact) mass is 307 g/mol. The molecule has 0 amide bonds. The SMILES string of the molecule is COc1cccc(Cl)c1C1C[C@@H](N)c2cc(F)ccc2O1. The molecule has 0 radical (unpaired) electrons. The lowest BCUT2D eigenvalue weighted by Gasteiger charge is -2.31. The number of nitrogens with two attached hydrogens (primary N) is 1. The lowest BCUT2D eigenvalue weighted by molar-refractivity contribution is 0.157. The highest BCUT2D eigenvalue weighted by Crippen LogP contribution is 2.44. The van der Waals surface area contributed by atoms with Gasteiger partial charge in [0.15, 0.2) is 0 Å². The molecule has 0 aromatic heterocycles. The third kappa shape index (κ3) is 2.57. The summed E-state index contributed by atoms with van der Waals surface area (Å²) in [5.74, 6) is 0.925. The molecule has 2 aromatic rings. The first-order chi connectivity index (χ1) is 10.1. The quantitative estimate of drug-likeness (QED) is 0.911. The summed E-state index contributed by atoms with van der Waals surface area (Å²) in [5.41, 5.74) is 7.60. The molecule has 0 saturated heterocycles. The Morgan fingerprint density at radius 2 is 2.14 bits per heavy atom. The minimum absolute atomic E-state index is 0.310. The van der Waals surface area contributed by atoms with Crippen molar-refractivity contribution in [2.75, 3.05) is 7.11 Å². The normalized spacial score (nSPS) is 20.6. The van der Waals surface area contributed by atoms with Crippen molar-refractivity contribution >= 4 is 11.6 Å². The van der Waals surface area contributed by atoms with Gasteiger partial charge in [0.25, 0.3) is 0 Å². The molecule has 1 aliphatic heterocycles. The zero-order chi connectivity index (χ0) is 15.0. The summed E-state index contributed by atoms with van der Waals surface area (Å²) in [6, 6.07) is 9.50. The number of hydrogen-bond donors (Lipinski definition) is 1. The van der Waals surface area contributed by atoms with Gasteiger partial charge in [-0.1, -0.05) is 17.7 Å². The van der Waals surface area contributed by atoms with Gasteiger partial charge in [-0.3, -0.25) is 0 Å². The second kappa shape index (κ2) is 5.54. The minimum Gasteiger partial charge on any atom is -0.496 e. The largest absolute Gasteiger partial charge is 0.496 e. The summed E-state index contributed by atoms with van der Waals surface area (Å²) >= 11 is 6.28. The smallest absolute Gasteiger partial charge is 0.131 e. The number of rotatable bonds is 2. The summed E-state index contributed by atoms with van der Waals surface area (Å²) in [5, 5.41) is 0.567. The first-order valence-corrected chi connectivity index (χ1v) is 7.02. The van der Waals surface area contributed by atoms with E-state index in [1.807, 2.05) is 12.1 Å². The summed E-state index contributed by atoms with van der Waals surface area (Å²) in [6.07, 6.45) is 0.193. The number of ether oxygens (including phenoxy) is 2. The number of methoxy groups -OCH3 is 1. The van der Waals surface area contributed by atoms with Crippen LogP contribution in [0.4, 0.5) is 4.39 Å². The van der Waals surface area contributed by atoms with E-state index >= 15 is 0 Å². The molecule has 5 heteroatoms. The van der Waals surface area contributed by atoms with Gasteiger partial charge in [0.05, 0.1) is 17.7 Å². The number of halogens is 2. The number of hydrogen-bond acceptors (Lipinski definition) is 3. The van der Waals surface area contributed by atoms with E-state index in [4.69, 9.17) is 26.8 Å². The van der Waals surface area contributed by atoms with Crippen LogP contribution in [0, 0.1) is 5.82 Å². The molecule has 110 valence electrons. The first-order valence-electron chi connectivity index (χ1n) is 6.64. The second-order valence-corrected chi connectivity index (χ2v) is 5.39. The van der Waals surface area contributed by atoms with Gasteiger partial charge in [-0.25, -0.2) is 4.39 Å². The van der Waals surface area contributed by atoms with Crippen molar-refractivity contribution in [1.82, 2.24) is 0 Å². The van der Waals surface area contributed by atoms with Crippen LogP contribution in [0.3, 0.4) is 0 Å². The van der Waals surface area contributed by atoms with Crippen molar-refractivity contribution in [3.05, 3.63) is 58.4 Å². The predicted molar refractivity (Wildman–Crippen MR) is 79.3 cm³/mol. The molecular formula is C16H15ClFNO2. The van der Waals surface area contributed by atoms with E-state index in [9.17, 15) is 4.39 Å². The highest BCUT2D eigenvalue weighted by Gasteiger charge is 2.30. The van der Waals surface area contributed by atoms with Crippen molar-refractivity contribution in [2.45, 2.75) is 18.6 Å². The molecule has 1 aliphatic rings. The first kappa shape index (κ1) is 14.2. The van der Waals surface area contributed by atoms with Gasteiger partial charge in [0, 0.05) is 18.0 Å². The summed E-state index contributed by atoms with van der Waals surface area (Å²) in [7, 11) is 1.58. The third-order valence-electron chi connectivity index (χ3n) is 3.66. The maximum Gasteiger partial charge on any atom is 0.131 e. The maximum atomic E-state index is 13.3. The summed E-state index contributed by atoms with van der Waals surface area (Å²) < 4.78 is 24.6. The fourth-order valence-electron chi connectivity index (χ4n) is 2.66. The number of benzene rings is 2. The van der Waals surface area contributed by atoms with Crippen LogP contribution in [-0.4, -0.2) is 7.11 Å². The van der Waals surface area contributed by atoms with E-state index in [1.165, 1.54) is 12.1 Å². The van der Waals surface area contributed by atoms with E-state index < -0.39 is 0 Å². The highest BCUT2D eigenvalue weighted by atomic mass is 35.5. The Labute approximate surface area is 127 Å². The molecule has 0 fully saturated rings. The lowest BCUT2D eigenvalue weighted by atomic mass is 9.93. The summed E-state index contributed by atoms with van der Waals surface area (Å²) in [4.78, 5) is 0. The Morgan fingerprint density at radius 1 is 1.33 bits per heavy atom. The van der Waals surface area contributed by atoms with Gasteiger partial charge >= 0.3 is 0 Å². The van der Waals surface area contributed by atoms with Gasteiger partial charge in [-0.15, -0.1) is 0 Å². The zero-order valence-electron chi connectivity index (χ0n) is 11.5. The highest BCUT2D eigenvalue weighted by molar-refractivity contribution is 6.31. The summed E-state index contributed by atoms with van der Waals surface area (Å²) in [6.45, 7) is 0. The van der Waals surface area contributed by atoms with Crippen molar-refractivity contribution in [2.24, 2.45) is 5.73 Å². The molecule has 2 N–H and O–H groups in total. The van der Waals surface area contributed by atoms with E-state index in [1.54, 1.807) is 19.2 Å². The van der Waals surface area contributed by atoms with Gasteiger partial charge < -0.3 is 15.2 Å². The molecule has 0 saturated carbocycles. The molecule has 1 unspecified atom stereocenters. The standard InChI is InChI=1S/C16H15ClFNO2/c1-20-14-4-2-3-11(17)16(14)15-8-12(19)10-7-9(18)5-6-13(10)21-15/h2-7,12,15H,8,19H2,1H3/t12-,15?/m1/s1. The predicted octanol–water partition coefficient (Wildman–Crippen LogP) is 4.01. The van der Waals surface area contributed by atoms with Crippen LogP contribution in [-0.2, 0) is 0 Å². The van der Waals surface area contributed by atoms with E-state index in [0.717, 1.165) is 5.56 Å². The zero-order valence-corrected chi connectivity index (χ0v) is 12.2. The Balaban J connectivity index is 2.02. The van der Waals surface area contributed by atoms with Crippen LogP contribution in [0.2, 0.25) is 5.02 Å². The molecule has 2 aromatic carbocycles. The fraction of sp³-hybridized carbons (Fsp3) is 0.250. The molecule has 0 spiro atoms. The molecular weight excluding hydrogens is 293 g/mol. The van der Waals surface area contributed by atoms with Crippen LogP contribution in [0.5, 0.6) is 11.5 Å². The lowest BCUT2D eigenvalue weighted by Crippen LogP contribution is -2.24. The minimum atomic E-state index is -0.318. The van der Waals surface area contributed by atoms with Crippen molar-refractivity contribution in [3.8, 4) is 11.5 Å². The van der Waals surface area contributed by atoms with Gasteiger partial charge in [-0.2, -0.15) is 0 Å². The molecule has 2 atom stereocenters. The molecule has 3 rings (SSSR count). The van der Waals surface area contributed by atoms with Crippen LogP contribution >= 0.6 is 11.6 Å². The van der Waals surface area contributed by atoms with Gasteiger partial charge in [0.2, 0.25) is 0 Å². The van der Waals surface area contributed by atoms with Crippen molar-refractivity contribution < 1.29 is 13.9 Å². The van der Waals surface area contributed by atoms with Crippen molar-refractivity contribution in [3.63, 3.8) is 0 Å². The molecule has 0 aliphatic carbocycles. The molecule has 0 bridgehead atoms. The van der Waals surface area contributed by atoms with Gasteiger partial charge in [-0.05, 0) is 30.3 Å². The maximum absolute atomic E-state index is 13.3. The van der Waals surface area contributed by atoms with E-state index in [2.05, 4.69) is 0 Å². The Bertz CT molecular complexity index is 677. The van der Waals surface area contributed by atoms with E-state index in [0.29, 0.717) is 28.5 Å². The van der Waals surface area contributed by atoms with Crippen molar-refractivity contribution in [1.29, 1.82) is 0 Å². The Morgan fingerprint density at radius 3 is 2.90 bits per heavy atom. The molecule has 1 heterocycles.